The molecule has 0 amide bonds. The molecule has 80 valence electrons. The fourth-order valence-corrected chi connectivity index (χ4v) is 1.12. The van der Waals surface area contributed by atoms with Crippen LogP contribution in [0.3, 0.4) is 0 Å². The molecular weight excluding hydrogens is 212 g/mol. The van der Waals surface area contributed by atoms with Crippen molar-refractivity contribution >= 4 is 5.69 Å². The van der Waals surface area contributed by atoms with Crippen LogP contribution < -0.4 is 5.23 Å². The molecule has 2 heterocycles. The second-order valence-electron chi connectivity index (χ2n) is 2.77. The van der Waals surface area contributed by atoms with Gasteiger partial charge in [0, 0.05) is 0 Å². The lowest BCUT2D eigenvalue weighted by molar-refractivity contribution is 0.296. The van der Waals surface area contributed by atoms with Gasteiger partial charge in [-0.3, -0.25) is 5.21 Å². The lowest BCUT2D eigenvalue weighted by Gasteiger charge is -2.21. The molecule has 2 aromatic rings. The summed E-state index contributed by atoms with van der Waals surface area (Å²) in [6.45, 7) is 0. The first kappa shape index (κ1) is 10.0. The van der Waals surface area contributed by atoms with Crippen LogP contribution in [0.5, 0.6) is 0 Å². The highest BCUT2D eigenvalue weighted by molar-refractivity contribution is 5.53. The third kappa shape index (κ3) is 1.68. The second-order valence-corrected chi connectivity index (χ2v) is 2.77. The normalized spacial score (nSPS) is 9.81. The van der Waals surface area contributed by atoms with E-state index >= 15 is 0 Å². The first-order chi connectivity index (χ1) is 7.72. The van der Waals surface area contributed by atoms with Gasteiger partial charge in [0.15, 0.2) is 5.82 Å². The zero-order valence-electron chi connectivity index (χ0n) is 7.85. The van der Waals surface area contributed by atoms with Gasteiger partial charge >= 0.3 is 0 Å². The van der Waals surface area contributed by atoms with Gasteiger partial charge in [-0.15, -0.1) is 4.80 Å². The zero-order valence-corrected chi connectivity index (χ0v) is 7.85. The summed E-state index contributed by atoms with van der Waals surface area (Å²) in [6, 6.07) is 3.03. The van der Waals surface area contributed by atoms with E-state index in [1.807, 2.05) is 6.07 Å². The van der Waals surface area contributed by atoms with Crippen molar-refractivity contribution in [1.29, 1.82) is 5.26 Å². The highest BCUT2D eigenvalue weighted by atomic mass is 16.8. The van der Waals surface area contributed by atoms with Crippen molar-refractivity contribution in [2.45, 2.75) is 0 Å². The molecule has 2 rings (SSSR count). The van der Waals surface area contributed by atoms with Crippen molar-refractivity contribution in [2.75, 3.05) is 5.23 Å². The van der Waals surface area contributed by atoms with E-state index in [0.29, 0.717) is 0 Å². The number of nitrogens with zero attached hydrogens (tertiary/aromatic N) is 6. The molecular formula is C8H5N6O2-. The third-order valence-electron chi connectivity index (χ3n) is 1.80. The van der Waals surface area contributed by atoms with Crippen LogP contribution in [0, 0.1) is 16.5 Å². The first-order valence-corrected chi connectivity index (χ1v) is 4.15. The van der Waals surface area contributed by atoms with Crippen molar-refractivity contribution in [3.8, 4) is 11.9 Å². The molecule has 0 aromatic carbocycles. The van der Waals surface area contributed by atoms with Crippen LogP contribution >= 0.6 is 0 Å². The van der Waals surface area contributed by atoms with E-state index in [-0.39, 0.29) is 22.3 Å². The predicted molar refractivity (Wildman–Crippen MR) is 51.5 cm³/mol. The fourth-order valence-electron chi connectivity index (χ4n) is 1.12. The maximum Gasteiger partial charge on any atom is 0.192 e. The van der Waals surface area contributed by atoms with Crippen LogP contribution in [0.15, 0.2) is 24.7 Å². The van der Waals surface area contributed by atoms with Gasteiger partial charge in [-0.2, -0.15) is 15.5 Å². The molecule has 0 aliphatic rings. The summed E-state index contributed by atoms with van der Waals surface area (Å²) >= 11 is 0. The maximum atomic E-state index is 10.6. The van der Waals surface area contributed by atoms with Crippen LogP contribution in [0.1, 0.15) is 5.56 Å². The van der Waals surface area contributed by atoms with Crippen LogP contribution in [0.25, 0.3) is 5.82 Å². The Bertz CT molecular complexity index is 530. The van der Waals surface area contributed by atoms with Gasteiger partial charge in [0.2, 0.25) is 0 Å². The van der Waals surface area contributed by atoms with E-state index in [4.69, 9.17) is 10.5 Å². The summed E-state index contributed by atoms with van der Waals surface area (Å²) < 4.78 is 0. The molecule has 2 aromatic heterocycles. The van der Waals surface area contributed by atoms with E-state index in [2.05, 4.69) is 15.2 Å². The standard InChI is InChI=1S/C8H5N6O2/c9-4-6-3-7(14(15)16)5-10-8(6)13-11-1-2-12-13/h1-3,5,15H/q-1. The van der Waals surface area contributed by atoms with Gasteiger partial charge in [-0.1, -0.05) is 0 Å². The topological polar surface area (TPSA) is 114 Å². The van der Waals surface area contributed by atoms with Crippen molar-refractivity contribution in [2.24, 2.45) is 0 Å². The molecule has 0 spiro atoms. The van der Waals surface area contributed by atoms with Crippen LogP contribution in [-0.4, -0.2) is 25.2 Å². The minimum atomic E-state index is -0.367. The quantitative estimate of drug-likeness (QED) is 0.716. The number of aromatic nitrogens is 4. The summed E-state index contributed by atoms with van der Waals surface area (Å²) in [5.41, 5.74) is -0.0453. The first-order valence-electron chi connectivity index (χ1n) is 4.15. The molecule has 0 unspecified atom stereocenters. The molecule has 0 saturated heterocycles. The Morgan fingerprint density at radius 2 is 2.12 bits per heavy atom. The van der Waals surface area contributed by atoms with E-state index in [9.17, 15) is 5.21 Å². The molecule has 0 aliphatic heterocycles. The van der Waals surface area contributed by atoms with Crippen LogP contribution in [-0.2, 0) is 0 Å². The van der Waals surface area contributed by atoms with Crippen LogP contribution in [0.4, 0.5) is 5.69 Å². The summed E-state index contributed by atoms with van der Waals surface area (Å²) in [5.74, 6) is 0.193. The minimum Gasteiger partial charge on any atom is -0.733 e. The largest absolute Gasteiger partial charge is 0.733 e. The third-order valence-corrected chi connectivity index (χ3v) is 1.80. The van der Waals surface area contributed by atoms with Crippen LogP contribution in [0.2, 0.25) is 0 Å². The van der Waals surface area contributed by atoms with Crippen molar-refractivity contribution in [1.82, 2.24) is 20.0 Å². The molecule has 16 heavy (non-hydrogen) atoms. The van der Waals surface area contributed by atoms with Gasteiger partial charge in [-0.05, 0) is 6.07 Å². The molecule has 0 bridgehead atoms. The Kier molecular flexibility index (Phi) is 2.47. The number of hydrogen-bond acceptors (Lipinski definition) is 7. The lowest BCUT2D eigenvalue weighted by Crippen LogP contribution is -2.10. The molecule has 8 nitrogen and oxygen atoms in total. The monoisotopic (exact) mass is 217 g/mol. The maximum absolute atomic E-state index is 10.6. The lowest BCUT2D eigenvalue weighted by atomic mass is 10.2. The fraction of sp³-hybridized carbons (Fsp3) is 0. The molecule has 0 aliphatic carbocycles. The van der Waals surface area contributed by atoms with E-state index in [0.717, 1.165) is 11.0 Å². The number of anilines is 1. The molecule has 0 atom stereocenters. The highest BCUT2D eigenvalue weighted by Crippen LogP contribution is 2.16. The Balaban J connectivity index is 2.53. The summed E-state index contributed by atoms with van der Waals surface area (Å²) in [6.07, 6.45) is 3.98. The Labute approximate surface area is 89.5 Å². The number of pyridine rings is 1. The SMILES string of the molecule is N#Cc1cc(N([O-])O)cnc1-n1nccn1. The Morgan fingerprint density at radius 1 is 1.44 bits per heavy atom. The van der Waals surface area contributed by atoms with E-state index < -0.39 is 0 Å². The van der Waals surface area contributed by atoms with Gasteiger partial charge in [0.05, 0.1) is 24.3 Å². The van der Waals surface area contributed by atoms with Gasteiger partial charge < -0.3 is 10.4 Å². The van der Waals surface area contributed by atoms with E-state index in [1.54, 1.807) is 0 Å². The molecule has 8 heteroatoms. The highest BCUT2D eigenvalue weighted by Gasteiger charge is 2.08. The summed E-state index contributed by atoms with van der Waals surface area (Å²) in [5, 5.41) is 35.4. The van der Waals surface area contributed by atoms with Crippen molar-refractivity contribution < 1.29 is 5.21 Å². The Hall–Kier alpha value is -2.50. The van der Waals surface area contributed by atoms with Gasteiger partial charge in [-0.25, -0.2) is 4.98 Å². The smallest absolute Gasteiger partial charge is 0.192 e. The minimum absolute atomic E-state index is 0.0867. The summed E-state index contributed by atoms with van der Waals surface area (Å²) in [4.78, 5) is 4.97. The van der Waals surface area contributed by atoms with Crippen molar-refractivity contribution in [3.63, 3.8) is 0 Å². The molecule has 0 radical (unpaired) electrons. The van der Waals surface area contributed by atoms with Gasteiger partial charge in [0.1, 0.15) is 11.6 Å². The van der Waals surface area contributed by atoms with E-state index in [1.165, 1.54) is 18.5 Å². The summed E-state index contributed by atoms with van der Waals surface area (Å²) in [7, 11) is 0. The van der Waals surface area contributed by atoms with Crippen molar-refractivity contribution in [3.05, 3.63) is 35.4 Å². The Morgan fingerprint density at radius 3 is 2.69 bits per heavy atom. The second kappa shape index (κ2) is 3.93. The average Bonchev–Trinajstić information content (AvgIpc) is 2.81. The molecule has 0 fully saturated rings. The average molecular weight is 217 g/mol. The zero-order chi connectivity index (χ0) is 11.5. The number of hydrogen-bond donors (Lipinski definition) is 1. The molecule has 0 saturated carbocycles. The predicted octanol–water partition coefficient (Wildman–Crippen LogP) is 0.227. The number of nitriles is 1. The van der Waals surface area contributed by atoms with Gasteiger partial charge in [0.25, 0.3) is 0 Å². The number of rotatable bonds is 2. The molecule has 1 N–H and O–H groups in total.